The third-order valence-corrected chi connectivity index (χ3v) is 11.9. The molecule has 0 saturated heterocycles. The van der Waals surface area contributed by atoms with Gasteiger partial charge < -0.3 is 14.2 Å². The van der Waals surface area contributed by atoms with Crippen molar-refractivity contribution in [3.8, 4) is 0 Å². The van der Waals surface area contributed by atoms with E-state index in [0.29, 0.717) is 19.3 Å². The second-order valence-corrected chi connectivity index (χ2v) is 17.8. The van der Waals surface area contributed by atoms with Crippen molar-refractivity contribution in [1.82, 2.24) is 0 Å². The summed E-state index contributed by atoms with van der Waals surface area (Å²) in [6, 6.07) is 0. The molecule has 0 fully saturated rings. The maximum atomic E-state index is 12.7. The van der Waals surface area contributed by atoms with E-state index in [-0.39, 0.29) is 31.1 Å². The average molecular weight is 821 g/mol. The highest BCUT2D eigenvalue weighted by atomic mass is 16.6. The molecule has 0 aromatic rings. The Morgan fingerprint density at radius 2 is 0.466 bits per heavy atom. The first kappa shape index (κ1) is 56.4. The Balaban J connectivity index is 4.17. The summed E-state index contributed by atoms with van der Waals surface area (Å²) < 4.78 is 16.7. The predicted molar refractivity (Wildman–Crippen MR) is 247 cm³/mol. The lowest BCUT2D eigenvalue weighted by Gasteiger charge is -2.18. The van der Waals surface area contributed by atoms with Gasteiger partial charge in [-0.15, -0.1) is 0 Å². The summed E-state index contributed by atoms with van der Waals surface area (Å²) in [5.74, 6) is -0.848. The minimum absolute atomic E-state index is 0.0623. The Morgan fingerprint density at radius 1 is 0.276 bits per heavy atom. The van der Waals surface area contributed by atoms with Crippen LogP contribution in [0.25, 0.3) is 0 Å². The molecule has 0 aliphatic rings. The highest BCUT2D eigenvalue weighted by molar-refractivity contribution is 5.71. The van der Waals surface area contributed by atoms with Gasteiger partial charge in [-0.25, -0.2) is 0 Å². The molecule has 0 radical (unpaired) electrons. The minimum Gasteiger partial charge on any atom is -0.462 e. The topological polar surface area (TPSA) is 78.9 Å². The Bertz CT molecular complexity index is 859. The minimum atomic E-state index is -0.758. The van der Waals surface area contributed by atoms with E-state index in [2.05, 4.69) is 20.8 Å². The number of carbonyl (C=O) groups is 3. The van der Waals surface area contributed by atoms with Gasteiger partial charge in [-0.2, -0.15) is 0 Å². The molecule has 0 aliphatic heterocycles. The van der Waals surface area contributed by atoms with Crippen LogP contribution in [0.2, 0.25) is 0 Å². The quantitative estimate of drug-likeness (QED) is 0.0346. The molecular weight excluding hydrogens is 721 g/mol. The van der Waals surface area contributed by atoms with Crippen LogP contribution in [-0.4, -0.2) is 37.2 Å². The zero-order chi connectivity index (χ0) is 42.3. The van der Waals surface area contributed by atoms with Crippen molar-refractivity contribution >= 4 is 17.9 Å². The molecular formula is C52H100O6. The van der Waals surface area contributed by atoms with Gasteiger partial charge in [-0.05, 0) is 19.3 Å². The van der Waals surface area contributed by atoms with Crippen molar-refractivity contribution in [3.63, 3.8) is 0 Å². The van der Waals surface area contributed by atoms with Crippen LogP contribution in [0.1, 0.15) is 297 Å². The van der Waals surface area contributed by atoms with E-state index in [1.165, 1.54) is 199 Å². The summed E-state index contributed by atoms with van der Waals surface area (Å²) in [5.41, 5.74) is 0. The molecule has 1 atom stereocenters. The number of hydrogen-bond donors (Lipinski definition) is 0. The van der Waals surface area contributed by atoms with Gasteiger partial charge in [0.15, 0.2) is 6.10 Å². The molecule has 0 aromatic heterocycles. The van der Waals surface area contributed by atoms with Gasteiger partial charge >= 0.3 is 17.9 Å². The fourth-order valence-electron chi connectivity index (χ4n) is 7.92. The summed E-state index contributed by atoms with van der Waals surface area (Å²) in [5, 5.41) is 0. The van der Waals surface area contributed by atoms with Gasteiger partial charge in [-0.1, -0.05) is 258 Å². The fraction of sp³-hybridized carbons (Fsp3) is 0.942. The highest BCUT2D eigenvalue weighted by Gasteiger charge is 2.19. The number of rotatable bonds is 48. The molecule has 344 valence electrons. The fourth-order valence-corrected chi connectivity index (χ4v) is 7.92. The van der Waals surface area contributed by atoms with Crippen LogP contribution in [0.3, 0.4) is 0 Å². The standard InChI is InChI=1S/C52H100O6/c1-4-7-10-13-16-18-20-22-24-25-26-28-29-31-33-36-39-42-45-51(54)57-48-49(47-56-50(53)44-41-38-35-15-12-9-6-3)58-52(55)46-43-40-37-34-32-30-27-23-21-19-17-14-11-8-5-2/h49H,4-48H2,1-3H3. The van der Waals surface area contributed by atoms with Crippen molar-refractivity contribution in [2.24, 2.45) is 0 Å². The van der Waals surface area contributed by atoms with Gasteiger partial charge in [0.2, 0.25) is 0 Å². The van der Waals surface area contributed by atoms with E-state index in [1.807, 2.05) is 0 Å². The third-order valence-electron chi connectivity index (χ3n) is 11.9. The van der Waals surface area contributed by atoms with E-state index in [0.717, 1.165) is 57.8 Å². The molecule has 0 bridgehead atoms. The van der Waals surface area contributed by atoms with E-state index < -0.39 is 6.10 Å². The van der Waals surface area contributed by atoms with E-state index in [1.54, 1.807) is 0 Å². The summed E-state index contributed by atoms with van der Waals surface area (Å²) in [6.07, 6.45) is 51.0. The van der Waals surface area contributed by atoms with Gasteiger partial charge in [0.25, 0.3) is 0 Å². The highest BCUT2D eigenvalue weighted by Crippen LogP contribution is 2.17. The van der Waals surface area contributed by atoms with E-state index in [9.17, 15) is 14.4 Å². The maximum Gasteiger partial charge on any atom is 0.306 e. The Morgan fingerprint density at radius 3 is 0.690 bits per heavy atom. The molecule has 0 N–H and O–H groups in total. The Hall–Kier alpha value is -1.59. The second kappa shape index (κ2) is 48.1. The zero-order valence-corrected chi connectivity index (χ0v) is 39.3. The van der Waals surface area contributed by atoms with E-state index in [4.69, 9.17) is 14.2 Å². The Kier molecular flexibility index (Phi) is 46.8. The molecule has 0 aliphatic carbocycles. The lowest BCUT2D eigenvalue weighted by Crippen LogP contribution is -2.30. The SMILES string of the molecule is CCCCCCCCCCCCCCCCCCCCC(=O)OCC(COC(=O)CCCCCCCCC)OC(=O)CCCCCCCCCCCCCCCCC. The van der Waals surface area contributed by atoms with Crippen molar-refractivity contribution in [3.05, 3.63) is 0 Å². The summed E-state index contributed by atoms with van der Waals surface area (Å²) >= 11 is 0. The molecule has 0 rings (SSSR count). The van der Waals surface area contributed by atoms with Gasteiger partial charge in [-0.3, -0.25) is 14.4 Å². The normalized spacial score (nSPS) is 11.8. The Labute approximate surface area is 361 Å². The zero-order valence-electron chi connectivity index (χ0n) is 39.3. The van der Waals surface area contributed by atoms with Crippen molar-refractivity contribution < 1.29 is 28.6 Å². The average Bonchev–Trinajstić information content (AvgIpc) is 3.22. The number of ether oxygens (including phenoxy) is 3. The molecule has 0 amide bonds. The molecule has 58 heavy (non-hydrogen) atoms. The van der Waals surface area contributed by atoms with Crippen LogP contribution in [0.4, 0.5) is 0 Å². The number of carbonyl (C=O) groups excluding carboxylic acids is 3. The monoisotopic (exact) mass is 821 g/mol. The van der Waals surface area contributed by atoms with Gasteiger partial charge in [0, 0.05) is 19.3 Å². The molecule has 0 spiro atoms. The summed E-state index contributed by atoms with van der Waals surface area (Å²) in [6.45, 7) is 6.64. The van der Waals surface area contributed by atoms with E-state index >= 15 is 0 Å². The van der Waals surface area contributed by atoms with Crippen LogP contribution in [0.5, 0.6) is 0 Å². The molecule has 0 aromatic carbocycles. The third kappa shape index (κ3) is 45.5. The first-order valence-electron chi connectivity index (χ1n) is 26.0. The molecule has 1 unspecified atom stereocenters. The van der Waals surface area contributed by atoms with Crippen LogP contribution >= 0.6 is 0 Å². The van der Waals surface area contributed by atoms with Crippen molar-refractivity contribution in [2.75, 3.05) is 13.2 Å². The maximum absolute atomic E-state index is 12.7. The first-order valence-corrected chi connectivity index (χ1v) is 26.0. The number of hydrogen-bond acceptors (Lipinski definition) is 6. The van der Waals surface area contributed by atoms with Crippen molar-refractivity contribution in [2.45, 2.75) is 303 Å². The second-order valence-electron chi connectivity index (χ2n) is 17.8. The molecule has 0 saturated carbocycles. The van der Waals surface area contributed by atoms with Crippen LogP contribution in [-0.2, 0) is 28.6 Å². The van der Waals surface area contributed by atoms with Crippen molar-refractivity contribution in [1.29, 1.82) is 0 Å². The number of unbranched alkanes of at least 4 members (excludes halogenated alkanes) is 37. The lowest BCUT2D eigenvalue weighted by molar-refractivity contribution is -0.167. The molecule has 6 nitrogen and oxygen atoms in total. The van der Waals surface area contributed by atoms with Gasteiger partial charge in [0.05, 0.1) is 0 Å². The summed E-state index contributed by atoms with van der Waals surface area (Å²) in [4.78, 5) is 37.8. The summed E-state index contributed by atoms with van der Waals surface area (Å²) in [7, 11) is 0. The van der Waals surface area contributed by atoms with Crippen LogP contribution < -0.4 is 0 Å². The molecule has 6 heteroatoms. The van der Waals surface area contributed by atoms with Gasteiger partial charge in [0.1, 0.15) is 13.2 Å². The van der Waals surface area contributed by atoms with Crippen LogP contribution in [0, 0.1) is 0 Å². The first-order chi connectivity index (χ1) is 28.5. The number of esters is 3. The van der Waals surface area contributed by atoms with Crippen LogP contribution in [0.15, 0.2) is 0 Å². The lowest BCUT2D eigenvalue weighted by atomic mass is 10.0. The predicted octanol–water partition coefficient (Wildman–Crippen LogP) is 16.8. The smallest absolute Gasteiger partial charge is 0.306 e. The largest absolute Gasteiger partial charge is 0.462 e. The molecule has 0 heterocycles.